The van der Waals surface area contributed by atoms with Crippen LogP contribution in [0.15, 0.2) is 53.5 Å². The van der Waals surface area contributed by atoms with Crippen molar-refractivity contribution in [2.24, 2.45) is 0 Å². The summed E-state index contributed by atoms with van der Waals surface area (Å²) in [4.78, 5) is 11.7. The Hall–Kier alpha value is -1.87. The molecule has 1 heterocycles. The number of nitrogens with zero attached hydrogens (tertiary/aromatic N) is 1. The van der Waals surface area contributed by atoms with Crippen LogP contribution < -0.4 is 10.9 Å². The summed E-state index contributed by atoms with van der Waals surface area (Å²) in [5.74, 6) is 0. The molecule has 0 aliphatic carbocycles. The number of hydrogen-bond acceptors (Lipinski definition) is 2. The fraction of sp³-hybridized carbons (Fsp3) is 0.214. The molecular weight excluding hydrogens is 212 g/mol. The number of aromatic nitrogens is 1. The van der Waals surface area contributed by atoms with E-state index in [0.29, 0.717) is 6.54 Å². The summed E-state index contributed by atoms with van der Waals surface area (Å²) in [7, 11) is 1.90. The van der Waals surface area contributed by atoms with Gasteiger partial charge in [0.05, 0.1) is 6.54 Å². The monoisotopic (exact) mass is 228 g/mol. The Balaban J connectivity index is 2.26. The van der Waals surface area contributed by atoms with Crippen LogP contribution in [0.3, 0.4) is 0 Å². The number of rotatable bonds is 4. The molecule has 0 radical (unpaired) electrons. The molecule has 0 bridgehead atoms. The summed E-state index contributed by atoms with van der Waals surface area (Å²) < 4.78 is 1.74. The topological polar surface area (TPSA) is 34.0 Å². The van der Waals surface area contributed by atoms with E-state index in [0.717, 1.165) is 17.7 Å². The van der Waals surface area contributed by atoms with Gasteiger partial charge >= 0.3 is 0 Å². The molecule has 0 saturated heterocycles. The SMILES string of the molecule is CNCc1ccc(=O)n(Cc2ccccc2)c1. The summed E-state index contributed by atoms with van der Waals surface area (Å²) >= 11 is 0. The molecule has 0 unspecified atom stereocenters. The van der Waals surface area contributed by atoms with Gasteiger partial charge < -0.3 is 9.88 Å². The Morgan fingerprint density at radius 1 is 1.06 bits per heavy atom. The lowest BCUT2D eigenvalue weighted by atomic mass is 10.2. The van der Waals surface area contributed by atoms with E-state index in [2.05, 4.69) is 5.32 Å². The molecule has 0 amide bonds. The molecule has 0 aliphatic rings. The molecule has 2 rings (SSSR count). The molecule has 0 saturated carbocycles. The van der Waals surface area contributed by atoms with E-state index < -0.39 is 0 Å². The average Bonchev–Trinajstić information content (AvgIpc) is 2.35. The molecular formula is C14H16N2O. The first kappa shape index (κ1) is 11.6. The minimum absolute atomic E-state index is 0.0358. The third-order valence-electron chi connectivity index (χ3n) is 2.62. The van der Waals surface area contributed by atoms with Crippen LogP contribution in [-0.4, -0.2) is 11.6 Å². The third-order valence-corrected chi connectivity index (χ3v) is 2.62. The zero-order valence-electron chi connectivity index (χ0n) is 9.89. The lowest BCUT2D eigenvalue weighted by molar-refractivity contribution is 0.730. The first-order valence-corrected chi connectivity index (χ1v) is 5.67. The van der Waals surface area contributed by atoms with Crippen LogP contribution in [0.5, 0.6) is 0 Å². The van der Waals surface area contributed by atoms with Crippen LogP contribution >= 0.6 is 0 Å². The highest BCUT2D eigenvalue weighted by molar-refractivity contribution is 5.17. The van der Waals surface area contributed by atoms with E-state index in [4.69, 9.17) is 0 Å². The van der Waals surface area contributed by atoms with Gasteiger partial charge in [-0.2, -0.15) is 0 Å². The molecule has 0 spiro atoms. The molecule has 3 nitrogen and oxygen atoms in total. The van der Waals surface area contributed by atoms with Gasteiger partial charge in [0.1, 0.15) is 0 Å². The van der Waals surface area contributed by atoms with Crippen molar-refractivity contribution in [1.82, 2.24) is 9.88 Å². The number of hydrogen-bond donors (Lipinski definition) is 1. The van der Waals surface area contributed by atoms with Crippen LogP contribution in [-0.2, 0) is 13.1 Å². The van der Waals surface area contributed by atoms with Gasteiger partial charge in [0.25, 0.3) is 5.56 Å². The van der Waals surface area contributed by atoms with Crippen molar-refractivity contribution in [2.75, 3.05) is 7.05 Å². The minimum Gasteiger partial charge on any atom is -0.316 e. The molecule has 3 heteroatoms. The van der Waals surface area contributed by atoms with E-state index in [-0.39, 0.29) is 5.56 Å². The summed E-state index contributed by atoms with van der Waals surface area (Å²) in [6, 6.07) is 13.5. The summed E-state index contributed by atoms with van der Waals surface area (Å²) in [6.45, 7) is 1.40. The van der Waals surface area contributed by atoms with Crippen LogP contribution in [0, 0.1) is 0 Å². The van der Waals surface area contributed by atoms with Gasteiger partial charge in [-0.3, -0.25) is 4.79 Å². The maximum Gasteiger partial charge on any atom is 0.250 e. The highest BCUT2D eigenvalue weighted by Crippen LogP contribution is 2.02. The highest BCUT2D eigenvalue weighted by Gasteiger charge is 1.99. The first-order chi connectivity index (χ1) is 8.29. The molecule has 17 heavy (non-hydrogen) atoms. The number of benzene rings is 1. The Bertz CT molecular complexity index is 531. The predicted octanol–water partition coefficient (Wildman–Crippen LogP) is 1.62. The Morgan fingerprint density at radius 3 is 2.53 bits per heavy atom. The minimum atomic E-state index is 0.0358. The van der Waals surface area contributed by atoms with Crippen molar-refractivity contribution in [3.8, 4) is 0 Å². The van der Waals surface area contributed by atoms with Crippen LogP contribution in [0.4, 0.5) is 0 Å². The van der Waals surface area contributed by atoms with Crippen molar-refractivity contribution in [2.45, 2.75) is 13.1 Å². The normalized spacial score (nSPS) is 10.4. The largest absolute Gasteiger partial charge is 0.316 e. The van der Waals surface area contributed by atoms with E-state index in [9.17, 15) is 4.79 Å². The second-order valence-electron chi connectivity index (χ2n) is 4.02. The quantitative estimate of drug-likeness (QED) is 0.862. The van der Waals surface area contributed by atoms with Gasteiger partial charge in [0.2, 0.25) is 0 Å². The molecule has 0 fully saturated rings. The number of pyridine rings is 1. The maximum absolute atomic E-state index is 11.7. The summed E-state index contributed by atoms with van der Waals surface area (Å²) in [5, 5.41) is 3.08. The van der Waals surface area contributed by atoms with Gasteiger partial charge in [-0.1, -0.05) is 36.4 Å². The second-order valence-corrected chi connectivity index (χ2v) is 4.02. The molecule has 1 aromatic heterocycles. The molecule has 2 aromatic rings. The Kier molecular flexibility index (Phi) is 3.73. The van der Waals surface area contributed by atoms with E-state index in [1.54, 1.807) is 10.6 Å². The van der Waals surface area contributed by atoms with Crippen LogP contribution in [0.25, 0.3) is 0 Å². The van der Waals surface area contributed by atoms with E-state index in [1.807, 2.05) is 49.6 Å². The smallest absolute Gasteiger partial charge is 0.250 e. The van der Waals surface area contributed by atoms with Crippen molar-refractivity contribution in [3.63, 3.8) is 0 Å². The Labute approximate surface area is 101 Å². The number of nitrogens with one attached hydrogen (secondary N) is 1. The van der Waals surface area contributed by atoms with E-state index >= 15 is 0 Å². The summed E-state index contributed by atoms with van der Waals surface area (Å²) in [6.07, 6.45) is 1.91. The fourth-order valence-electron chi connectivity index (χ4n) is 1.79. The van der Waals surface area contributed by atoms with Crippen LogP contribution in [0.2, 0.25) is 0 Å². The molecule has 0 aliphatic heterocycles. The second kappa shape index (κ2) is 5.46. The molecule has 1 aromatic carbocycles. The molecule has 88 valence electrons. The van der Waals surface area contributed by atoms with Gasteiger partial charge in [-0.05, 0) is 18.2 Å². The van der Waals surface area contributed by atoms with Gasteiger partial charge in [-0.15, -0.1) is 0 Å². The molecule has 1 N–H and O–H groups in total. The van der Waals surface area contributed by atoms with Gasteiger partial charge in [0.15, 0.2) is 0 Å². The maximum atomic E-state index is 11.7. The van der Waals surface area contributed by atoms with Crippen molar-refractivity contribution >= 4 is 0 Å². The van der Waals surface area contributed by atoms with Gasteiger partial charge in [0, 0.05) is 18.8 Å². The lowest BCUT2D eigenvalue weighted by Crippen LogP contribution is -2.20. The molecule has 0 atom stereocenters. The first-order valence-electron chi connectivity index (χ1n) is 5.67. The van der Waals surface area contributed by atoms with Crippen molar-refractivity contribution in [3.05, 3.63) is 70.1 Å². The standard InChI is InChI=1S/C14H16N2O/c1-15-9-13-7-8-14(17)16(11-13)10-12-5-3-2-4-6-12/h2-8,11,15H,9-10H2,1H3. The highest BCUT2D eigenvalue weighted by atomic mass is 16.1. The summed E-state index contributed by atoms with van der Waals surface area (Å²) in [5.41, 5.74) is 2.29. The Morgan fingerprint density at radius 2 is 1.82 bits per heavy atom. The van der Waals surface area contributed by atoms with Crippen molar-refractivity contribution < 1.29 is 0 Å². The van der Waals surface area contributed by atoms with Gasteiger partial charge in [-0.25, -0.2) is 0 Å². The zero-order chi connectivity index (χ0) is 12.1. The van der Waals surface area contributed by atoms with Crippen LogP contribution in [0.1, 0.15) is 11.1 Å². The average molecular weight is 228 g/mol. The predicted molar refractivity (Wildman–Crippen MR) is 69.0 cm³/mol. The van der Waals surface area contributed by atoms with Crippen molar-refractivity contribution in [1.29, 1.82) is 0 Å². The lowest BCUT2D eigenvalue weighted by Gasteiger charge is -2.08. The fourth-order valence-corrected chi connectivity index (χ4v) is 1.79. The third kappa shape index (κ3) is 3.04. The zero-order valence-corrected chi connectivity index (χ0v) is 9.89. The van der Waals surface area contributed by atoms with E-state index in [1.165, 1.54) is 0 Å².